The van der Waals surface area contributed by atoms with Crippen molar-refractivity contribution in [2.24, 2.45) is 0 Å². The summed E-state index contributed by atoms with van der Waals surface area (Å²) in [7, 11) is -3.00. The molecule has 0 aliphatic carbocycles. The highest BCUT2D eigenvalue weighted by Gasteiger charge is 2.35. The van der Waals surface area contributed by atoms with Crippen LogP contribution in [0.4, 0.5) is 0 Å². The number of likely N-dealkylation sites (tertiary alicyclic amines) is 1. The van der Waals surface area contributed by atoms with Gasteiger partial charge in [0, 0.05) is 19.5 Å². The molecule has 0 spiro atoms. The Hall–Kier alpha value is -0.910. The van der Waals surface area contributed by atoms with Gasteiger partial charge in [-0.25, -0.2) is 8.42 Å². The molecule has 0 radical (unpaired) electrons. The second-order valence-electron chi connectivity index (χ2n) is 4.44. The normalized spacial score (nSPS) is 29.8. The number of hydrogen-bond donors (Lipinski definition) is 0. The van der Waals surface area contributed by atoms with Crippen LogP contribution >= 0.6 is 0 Å². The fourth-order valence-corrected chi connectivity index (χ4v) is 4.09. The van der Waals surface area contributed by atoms with E-state index in [1.807, 2.05) is 0 Å². The molecule has 1 atom stereocenters. The predicted molar refractivity (Wildman–Crippen MR) is 57.6 cm³/mol. The van der Waals surface area contributed by atoms with Gasteiger partial charge in [0.25, 0.3) is 0 Å². The van der Waals surface area contributed by atoms with Gasteiger partial charge in [-0.15, -0.1) is 0 Å². The highest BCUT2D eigenvalue weighted by Crippen LogP contribution is 2.22. The monoisotopic (exact) mass is 245 g/mol. The maximum Gasteiger partial charge on any atom is 0.230 e. The van der Waals surface area contributed by atoms with Gasteiger partial charge < -0.3 is 4.90 Å². The molecular weight excluding hydrogens is 230 g/mol. The highest BCUT2D eigenvalue weighted by atomic mass is 32.2. The Morgan fingerprint density at radius 1 is 1.31 bits per heavy atom. The number of hydrogen-bond acceptors (Lipinski definition) is 4. The summed E-state index contributed by atoms with van der Waals surface area (Å²) in [5.74, 6) is -0.0348. The Balaban J connectivity index is 2.00. The minimum atomic E-state index is -3.00. The SMILES string of the molecule is O=C1CCN(CC2CCCS2(=O)=O)C(=O)C1. The first kappa shape index (κ1) is 11.6. The van der Waals surface area contributed by atoms with Crippen molar-refractivity contribution in [1.82, 2.24) is 4.90 Å². The molecule has 0 aromatic rings. The molecule has 2 fully saturated rings. The molecule has 2 saturated heterocycles. The maximum absolute atomic E-state index is 11.6. The van der Waals surface area contributed by atoms with Crippen molar-refractivity contribution in [3.63, 3.8) is 0 Å². The lowest BCUT2D eigenvalue weighted by Crippen LogP contribution is -2.44. The molecule has 2 aliphatic rings. The zero-order valence-corrected chi connectivity index (χ0v) is 9.83. The zero-order chi connectivity index (χ0) is 11.8. The van der Waals surface area contributed by atoms with Crippen molar-refractivity contribution in [2.45, 2.75) is 30.9 Å². The van der Waals surface area contributed by atoms with E-state index in [0.717, 1.165) is 0 Å². The number of Topliss-reactive ketones (excluding diaryl/α,β-unsaturated/α-hetero) is 1. The van der Waals surface area contributed by atoms with E-state index in [1.54, 1.807) is 0 Å². The van der Waals surface area contributed by atoms with E-state index >= 15 is 0 Å². The predicted octanol–water partition coefficient (Wildman–Crippen LogP) is -0.245. The first-order valence-electron chi connectivity index (χ1n) is 5.50. The Labute approximate surface area is 94.7 Å². The molecule has 0 saturated carbocycles. The number of piperidine rings is 1. The lowest BCUT2D eigenvalue weighted by Gasteiger charge is -2.28. The number of rotatable bonds is 2. The van der Waals surface area contributed by atoms with Gasteiger partial charge in [-0.2, -0.15) is 0 Å². The second-order valence-corrected chi connectivity index (χ2v) is 6.84. The summed E-state index contributed by atoms with van der Waals surface area (Å²) in [6.45, 7) is 0.651. The van der Waals surface area contributed by atoms with Crippen LogP contribution in [0.15, 0.2) is 0 Å². The van der Waals surface area contributed by atoms with Crippen LogP contribution in [0.1, 0.15) is 25.7 Å². The standard InChI is InChI=1S/C10H15NO4S/c12-8-3-4-11(10(13)6-8)7-9-2-1-5-16(9,14)15/h9H,1-7H2. The van der Waals surface area contributed by atoms with Gasteiger partial charge in [-0.1, -0.05) is 0 Å². The molecular formula is C10H15NO4S. The van der Waals surface area contributed by atoms with E-state index in [1.165, 1.54) is 4.90 Å². The average molecular weight is 245 g/mol. The number of carbonyl (C=O) groups excluding carboxylic acids is 2. The molecule has 90 valence electrons. The van der Waals surface area contributed by atoms with Crippen molar-refractivity contribution < 1.29 is 18.0 Å². The van der Waals surface area contributed by atoms with Gasteiger partial charge in [-0.3, -0.25) is 9.59 Å². The van der Waals surface area contributed by atoms with Crippen LogP contribution in [-0.4, -0.2) is 49.1 Å². The van der Waals surface area contributed by atoms with Crippen molar-refractivity contribution >= 4 is 21.5 Å². The molecule has 2 heterocycles. The quantitative estimate of drug-likeness (QED) is 0.629. The zero-order valence-electron chi connectivity index (χ0n) is 9.02. The van der Waals surface area contributed by atoms with E-state index in [2.05, 4.69) is 0 Å². The number of sulfone groups is 1. The number of nitrogens with zero attached hydrogens (tertiary/aromatic N) is 1. The van der Waals surface area contributed by atoms with Crippen molar-refractivity contribution in [1.29, 1.82) is 0 Å². The molecule has 0 N–H and O–H groups in total. The van der Waals surface area contributed by atoms with Crippen molar-refractivity contribution in [3.8, 4) is 0 Å². The Morgan fingerprint density at radius 3 is 2.62 bits per heavy atom. The molecule has 6 heteroatoms. The molecule has 2 rings (SSSR count). The molecule has 5 nitrogen and oxygen atoms in total. The Kier molecular flexibility index (Phi) is 3.01. The third-order valence-corrected chi connectivity index (χ3v) is 5.51. The van der Waals surface area contributed by atoms with Crippen LogP contribution in [0.5, 0.6) is 0 Å². The number of carbonyl (C=O) groups is 2. The number of amides is 1. The van der Waals surface area contributed by atoms with E-state index in [9.17, 15) is 18.0 Å². The Morgan fingerprint density at radius 2 is 2.06 bits per heavy atom. The van der Waals surface area contributed by atoms with Crippen LogP contribution in [-0.2, 0) is 19.4 Å². The molecule has 0 bridgehead atoms. The van der Waals surface area contributed by atoms with Gasteiger partial charge in [0.05, 0.1) is 17.4 Å². The van der Waals surface area contributed by atoms with Crippen LogP contribution in [0.25, 0.3) is 0 Å². The fraction of sp³-hybridized carbons (Fsp3) is 0.800. The van der Waals surface area contributed by atoms with Crippen molar-refractivity contribution in [2.75, 3.05) is 18.8 Å². The lowest BCUT2D eigenvalue weighted by atomic mass is 10.1. The van der Waals surface area contributed by atoms with Crippen LogP contribution in [0.3, 0.4) is 0 Å². The lowest BCUT2D eigenvalue weighted by molar-refractivity contribution is -0.139. The highest BCUT2D eigenvalue weighted by molar-refractivity contribution is 7.92. The molecule has 2 aliphatic heterocycles. The van der Waals surface area contributed by atoms with E-state index in [4.69, 9.17) is 0 Å². The molecule has 0 aromatic heterocycles. The minimum absolute atomic E-state index is 0.0458. The molecule has 16 heavy (non-hydrogen) atoms. The first-order valence-corrected chi connectivity index (χ1v) is 7.21. The minimum Gasteiger partial charge on any atom is -0.341 e. The smallest absolute Gasteiger partial charge is 0.230 e. The molecule has 1 amide bonds. The topological polar surface area (TPSA) is 71.5 Å². The number of ketones is 1. The molecule has 0 aromatic carbocycles. The van der Waals surface area contributed by atoms with Crippen LogP contribution < -0.4 is 0 Å². The summed E-state index contributed by atoms with van der Waals surface area (Å²) < 4.78 is 23.2. The maximum atomic E-state index is 11.6. The third kappa shape index (κ3) is 2.26. The largest absolute Gasteiger partial charge is 0.341 e. The summed E-state index contributed by atoms with van der Waals surface area (Å²) in [6.07, 6.45) is 1.62. The summed E-state index contributed by atoms with van der Waals surface area (Å²) in [5.41, 5.74) is 0. The van der Waals surface area contributed by atoms with Gasteiger partial charge in [0.1, 0.15) is 5.78 Å². The van der Waals surface area contributed by atoms with Gasteiger partial charge in [0.2, 0.25) is 5.91 Å². The van der Waals surface area contributed by atoms with Gasteiger partial charge >= 0.3 is 0 Å². The van der Waals surface area contributed by atoms with Crippen LogP contribution in [0, 0.1) is 0 Å². The average Bonchev–Trinajstić information content (AvgIpc) is 2.50. The van der Waals surface area contributed by atoms with E-state index in [-0.39, 0.29) is 30.4 Å². The van der Waals surface area contributed by atoms with Crippen molar-refractivity contribution in [3.05, 3.63) is 0 Å². The summed E-state index contributed by atoms with van der Waals surface area (Å²) in [5, 5.41) is -0.412. The van der Waals surface area contributed by atoms with Gasteiger partial charge in [0.15, 0.2) is 9.84 Å². The fourth-order valence-electron chi connectivity index (χ4n) is 2.26. The van der Waals surface area contributed by atoms with E-state index in [0.29, 0.717) is 25.8 Å². The summed E-state index contributed by atoms with van der Waals surface area (Å²) in [6, 6.07) is 0. The first-order chi connectivity index (χ1) is 7.49. The van der Waals surface area contributed by atoms with E-state index < -0.39 is 15.1 Å². The van der Waals surface area contributed by atoms with Gasteiger partial charge in [-0.05, 0) is 12.8 Å². The second kappa shape index (κ2) is 4.16. The van der Waals surface area contributed by atoms with Crippen LogP contribution in [0.2, 0.25) is 0 Å². The summed E-state index contributed by atoms with van der Waals surface area (Å²) >= 11 is 0. The third-order valence-electron chi connectivity index (χ3n) is 3.25. The summed E-state index contributed by atoms with van der Waals surface area (Å²) in [4.78, 5) is 24.1. The Bertz CT molecular complexity index is 415. The molecule has 1 unspecified atom stereocenters.